The Kier molecular flexibility index (Phi) is 8.06. The average molecular weight is 764 g/mol. The highest BCUT2D eigenvalue weighted by Crippen LogP contribution is 2.45. The van der Waals surface area contributed by atoms with Crippen LogP contribution < -0.4 is 4.90 Å². The first-order valence-corrected chi connectivity index (χ1v) is 21.1. The van der Waals surface area contributed by atoms with E-state index in [4.69, 9.17) is 0 Å². The first-order chi connectivity index (χ1) is 28.0. The van der Waals surface area contributed by atoms with Gasteiger partial charge in [0, 0.05) is 57.4 Å². The van der Waals surface area contributed by atoms with Gasteiger partial charge in [0.2, 0.25) is 0 Å². The van der Waals surface area contributed by atoms with Gasteiger partial charge in [0.1, 0.15) is 0 Å². The molecule has 57 heavy (non-hydrogen) atoms. The van der Waals surface area contributed by atoms with Crippen molar-refractivity contribution >= 4 is 90.9 Å². The lowest BCUT2D eigenvalue weighted by Crippen LogP contribution is -2.10. The highest BCUT2D eigenvalue weighted by molar-refractivity contribution is 7.26. The molecule has 0 aliphatic heterocycles. The van der Waals surface area contributed by atoms with Crippen LogP contribution in [0.4, 0.5) is 17.1 Å². The molecule has 0 N–H and O–H groups in total. The Labute approximate surface area is 340 Å². The Morgan fingerprint density at radius 1 is 0.316 bits per heavy atom. The van der Waals surface area contributed by atoms with Gasteiger partial charge in [-0.3, -0.25) is 0 Å². The van der Waals surface area contributed by atoms with Crippen LogP contribution in [0.3, 0.4) is 0 Å². The van der Waals surface area contributed by atoms with E-state index in [0.29, 0.717) is 0 Å². The molecule has 0 fully saturated rings. The van der Waals surface area contributed by atoms with E-state index in [-0.39, 0.29) is 0 Å². The summed E-state index contributed by atoms with van der Waals surface area (Å²) >= 11 is 3.76. The van der Waals surface area contributed by atoms with Gasteiger partial charge >= 0.3 is 0 Å². The monoisotopic (exact) mass is 763 g/mol. The van der Waals surface area contributed by atoms with E-state index in [9.17, 15) is 0 Å². The van der Waals surface area contributed by atoms with Gasteiger partial charge in [-0.1, -0.05) is 140 Å². The number of benzene rings is 9. The van der Waals surface area contributed by atoms with Crippen molar-refractivity contribution in [2.24, 2.45) is 0 Å². The Morgan fingerprint density at radius 3 is 1.42 bits per heavy atom. The van der Waals surface area contributed by atoms with Crippen molar-refractivity contribution in [3.05, 3.63) is 199 Å². The molecule has 0 spiro atoms. The summed E-state index contributed by atoms with van der Waals surface area (Å²) in [5.74, 6) is 0. The molecule has 270 valence electrons. The lowest BCUT2D eigenvalue weighted by molar-refractivity contribution is 1.30. The molecule has 0 amide bonds. The third kappa shape index (κ3) is 5.90. The number of hydrogen-bond acceptors (Lipinski definition) is 3. The van der Waals surface area contributed by atoms with Gasteiger partial charge in [-0.2, -0.15) is 0 Å². The molecule has 0 aliphatic carbocycles. The maximum atomic E-state index is 2.45. The number of fused-ring (bicyclic) bond motifs is 7. The summed E-state index contributed by atoms with van der Waals surface area (Å²) in [6.45, 7) is 4.35. The molecule has 0 saturated carbocycles. The molecule has 0 saturated heterocycles. The van der Waals surface area contributed by atoms with E-state index in [2.05, 4.69) is 207 Å². The molecule has 3 heteroatoms. The van der Waals surface area contributed by atoms with Gasteiger partial charge in [-0.15, -0.1) is 22.7 Å². The molecule has 2 aromatic heterocycles. The summed E-state index contributed by atoms with van der Waals surface area (Å²) in [6, 6.07) is 69.8. The van der Waals surface area contributed by atoms with Gasteiger partial charge < -0.3 is 4.90 Å². The minimum Gasteiger partial charge on any atom is -0.310 e. The Hall–Kier alpha value is -6.52. The fourth-order valence-electron chi connectivity index (χ4n) is 8.56. The van der Waals surface area contributed by atoms with E-state index in [1.54, 1.807) is 0 Å². The molecule has 11 rings (SSSR count). The zero-order valence-corrected chi connectivity index (χ0v) is 33.3. The van der Waals surface area contributed by atoms with Crippen LogP contribution in [0.25, 0.3) is 84.5 Å². The summed E-state index contributed by atoms with van der Waals surface area (Å²) < 4.78 is 5.25. The molecule has 11 aromatic rings. The molecular formula is C54H37NS2. The van der Waals surface area contributed by atoms with Gasteiger partial charge in [-0.05, 0) is 118 Å². The van der Waals surface area contributed by atoms with Crippen molar-refractivity contribution < 1.29 is 0 Å². The Balaban J connectivity index is 1.08. The van der Waals surface area contributed by atoms with E-state index < -0.39 is 0 Å². The van der Waals surface area contributed by atoms with Crippen molar-refractivity contribution in [1.29, 1.82) is 0 Å². The van der Waals surface area contributed by atoms with E-state index in [1.165, 1.54) is 95.6 Å². The van der Waals surface area contributed by atoms with Crippen molar-refractivity contribution in [3.63, 3.8) is 0 Å². The van der Waals surface area contributed by atoms with Crippen LogP contribution in [0.5, 0.6) is 0 Å². The zero-order chi connectivity index (χ0) is 38.0. The smallest absolute Gasteiger partial charge is 0.0476 e. The summed E-state index contributed by atoms with van der Waals surface area (Å²) in [6.07, 6.45) is 0. The number of nitrogens with zero attached hydrogens (tertiary/aromatic N) is 1. The van der Waals surface area contributed by atoms with Crippen LogP contribution in [0.1, 0.15) is 11.1 Å². The third-order valence-corrected chi connectivity index (χ3v) is 13.6. The van der Waals surface area contributed by atoms with Crippen molar-refractivity contribution in [1.82, 2.24) is 0 Å². The van der Waals surface area contributed by atoms with Crippen LogP contribution in [0, 0.1) is 13.8 Å². The maximum Gasteiger partial charge on any atom is 0.0476 e. The Bertz CT molecular complexity index is 3190. The molecule has 2 heterocycles. The van der Waals surface area contributed by atoms with Gasteiger partial charge in [-0.25, -0.2) is 0 Å². The molecule has 0 radical (unpaired) electrons. The normalized spacial score (nSPS) is 11.7. The standard InChI is InChI=1S/C54H37NS2/c1-34-15-24-46-48-27-22-41(32-53(48)56-51(46)29-34)55(42-23-28-49-47-25-16-35(2)30-52(47)57-54(49)33-42)40-21-26-45(50(31-40)37-9-4-3-5-10-37)39-19-17-38(18-20-39)44-14-8-12-36-11-6-7-13-43(36)44/h3-33H,1-2H3. The molecule has 9 aromatic carbocycles. The van der Waals surface area contributed by atoms with Gasteiger partial charge in [0.05, 0.1) is 0 Å². The van der Waals surface area contributed by atoms with Crippen LogP contribution >= 0.6 is 22.7 Å². The number of anilines is 3. The number of thiophene rings is 2. The van der Waals surface area contributed by atoms with Crippen LogP contribution in [-0.4, -0.2) is 0 Å². The molecule has 0 bridgehead atoms. The fraction of sp³-hybridized carbons (Fsp3) is 0.0370. The average Bonchev–Trinajstić information content (AvgIpc) is 3.80. The first-order valence-electron chi connectivity index (χ1n) is 19.5. The third-order valence-electron chi connectivity index (χ3n) is 11.4. The minimum absolute atomic E-state index is 1.12. The fourth-order valence-corrected chi connectivity index (χ4v) is 11.0. The number of rotatable bonds is 6. The Morgan fingerprint density at radius 2 is 0.789 bits per heavy atom. The SMILES string of the molecule is Cc1ccc2c(c1)sc1cc(N(c3ccc(-c4ccc(-c5cccc6ccccc56)cc4)c(-c4ccccc4)c3)c3ccc4c(c3)sc3cc(C)ccc34)ccc12. The highest BCUT2D eigenvalue weighted by atomic mass is 32.1. The van der Waals surface area contributed by atoms with Gasteiger partial charge in [0.25, 0.3) is 0 Å². The predicted molar refractivity (Wildman–Crippen MR) is 250 cm³/mol. The number of hydrogen-bond donors (Lipinski definition) is 0. The summed E-state index contributed by atoms with van der Waals surface area (Å²) in [5, 5.41) is 7.79. The lowest BCUT2D eigenvalue weighted by atomic mass is 9.91. The van der Waals surface area contributed by atoms with Crippen LogP contribution in [0.15, 0.2) is 188 Å². The molecule has 0 atom stereocenters. The molecule has 0 aliphatic rings. The van der Waals surface area contributed by atoms with E-state index in [0.717, 1.165) is 17.1 Å². The second kappa shape index (κ2) is 13.6. The van der Waals surface area contributed by atoms with Crippen LogP contribution in [-0.2, 0) is 0 Å². The molecule has 1 nitrogen and oxygen atoms in total. The maximum absolute atomic E-state index is 2.45. The first kappa shape index (κ1) is 33.8. The van der Waals surface area contributed by atoms with E-state index >= 15 is 0 Å². The second-order valence-electron chi connectivity index (χ2n) is 15.1. The van der Waals surface area contributed by atoms with E-state index in [1.807, 2.05) is 22.7 Å². The topological polar surface area (TPSA) is 3.24 Å². The van der Waals surface area contributed by atoms with Crippen LogP contribution in [0.2, 0.25) is 0 Å². The second-order valence-corrected chi connectivity index (χ2v) is 17.3. The molecule has 0 unspecified atom stereocenters. The predicted octanol–water partition coefficient (Wildman–Crippen LogP) is 16.7. The van der Waals surface area contributed by atoms with Crippen molar-refractivity contribution in [2.45, 2.75) is 13.8 Å². The summed E-state index contributed by atoms with van der Waals surface area (Å²) in [4.78, 5) is 2.45. The van der Waals surface area contributed by atoms with Gasteiger partial charge in [0.15, 0.2) is 0 Å². The summed E-state index contributed by atoms with van der Waals surface area (Å²) in [5.41, 5.74) is 13.3. The highest BCUT2D eigenvalue weighted by Gasteiger charge is 2.19. The quantitative estimate of drug-likeness (QED) is 0.163. The lowest BCUT2D eigenvalue weighted by Gasteiger charge is -2.27. The largest absolute Gasteiger partial charge is 0.310 e. The molecular weight excluding hydrogens is 727 g/mol. The number of aryl methyl sites for hydroxylation is 2. The van der Waals surface area contributed by atoms with Crippen molar-refractivity contribution in [2.75, 3.05) is 4.90 Å². The summed E-state index contributed by atoms with van der Waals surface area (Å²) in [7, 11) is 0. The minimum atomic E-state index is 1.12. The zero-order valence-electron chi connectivity index (χ0n) is 31.7. The van der Waals surface area contributed by atoms with Crippen molar-refractivity contribution in [3.8, 4) is 33.4 Å².